The molecule has 0 saturated carbocycles. The van der Waals surface area contributed by atoms with Crippen LogP contribution in [-0.2, 0) is 16.0 Å². The zero-order valence-electron chi connectivity index (χ0n) is 16.9. The van der Waals surface area contributed by atoms with Gasteiger partial charge in [-0.25, -0.2) is 14.2 Å². The van der Waals surface area contributed by atoms with Crippen LogP contribution in [0.5, 0.6) is 0 Å². The third kappa shape index (κ3) is 5.24. The molecule has 1 amide bonds. The second-order valence-corrected chi connectivity index (χ2v) is 8.02. The van der Waals surface area contributed by atoms with Crippen molar-refractivity contribution in [3.05, 3.63) is 81.0 Å². The number of carbonyl (C=O) groups is 2. The van der Waals surface area contributed by atoms with Gasteiger partial charge < -0.3 is 15.4 Å². The summed E-state index contributed by atoms with van der Waals surface area (Å²) in [5, 5.41) is 12.3. The fourth-order valence-electron chi connectivity index (χ4n) is 3.36. The molecule has 9 heteroatoms. The first kappa shape index (κ1) is 22.4. The SMILES string of the molecule is CSCCC(NC(=O)C(Cc1ccccc1)n1c(=O)[nH]c2ccccc2c1=O)C(=O)O. The number of aromatic nitrogens is 2. The van der Waals surface area contributed by atoms with E-state index >= 15 is 0 Å². The van der Waals surface area contributed by atoms with Crippen LogP contribution in [-0.4, -0.2) is 44.6 Å². The fraction of sp³-hybridized carbons (Fsp3) is 0.273. The number of H-pyrrole nitrogens is 1. The van der Waals surface area contributed by atoms with Crippen LogP contribution in [0.25, 0.3) is 10.9 Å². The van der Waals surface area contributed by atoms with Gasteiger partial charge in [-0.3, -0.25) is 9.59 Å². The van der Waals surface area contributed by atoms with Crippen LogP contribution in [0.15, 0.2) is 64.2 Å². The van der Waals surface area contributed by atoms with E-state index in [1.54, 1.807) is 48.5 Å². The molecule has 1 aromatic heterocycles. The maximum Gasteiger partial charge on any atom is 0.329 e. The second kappa shape index (κ2) is 10.1. The molecule has 0 radical (unpaired) electrons. The molecule has 162 valence electrons. The van der Waals surface area contributed by atoms with Crippen molar-refractivity contribution in [1.29, 1.82) is 0 Å². The van der Waals surface area contributed by atoms with Crippen LogP contribution < -0.4 is 16.6 Å². The number of benzene rings is 2. The van der Waals surface area contributed by atoms with Gasteiger partial charge in [0.2, 0.25) is 5.91 Å². The Morgan fingerprint density at radius 1 is 1.10 bits per heavy atom. The van der Waals surface area contributed by atoms with Crippen molar-refractivity contribution in [2.45, 2.75) is 24.9 Å². The van der Waals surface area contributed by atoms with Gasteiger partial charge in [-0.05, 0) is 36.1 Å². The van der Waals surface area contributed by atoms with E-state index in [-0.39, 0.29) is 18.2 Å². The zero-order chi connectivity index (χ0) is 22.4. The average Bonchev–Trinajstić information content (AvgIpc) is 2.76. The van der Waals surface area contributed by atoms with E-state index in [4.69, 9.17) is 0 Å². The normalized spacial score (nSPS) is 12.9. The van der Waals surface area contributed by atoms with Crippen molar-refractivity contribution in [1.82, 2.24) is 14.9 Å². The molecule has 3 N–H and O–H groups in total. The number of nitrogens with one attached hydrogen (secondary N) is 2. The molecule has 3 aromatic rings. The molecule has 31 heavy (non-hydrogen) atoms. The molecular formula is C22H23N3O5S. The lowest BCUT2D eigenvalue weighted by Crippen LogP contribution is -2.49. The van der Waals surface area contributed by atoms with Gasteiger partial charge >= 0.3 is 11.7 Å². The van der Waals surface area contributed by atoms with Gasteiger partial charge in [0.1, 0.15) is 12.1 Å². The van der Waals surface area contributed by atoms with E-state index in [1.165, 1.54) is 11.8 Å². The standard InChI is InChI=1S/C22H23N3O5S/c1-31-12-11-17(21(28)29)23-19(26)18(13-14-7-3-2-4-8-14)25-20(27)15-9-5-6-10-16(15)24-22(25)30/h2-10,17-18H,11-13H2,1H3,(H,23,26)(H,24,30)(H,28,29). The Morgan fingerprint density at radius 3 is 2.45 bits per heavy atom. The first-order valence-electron chi connectivity index (χ1n) is 9.72. The molecule has 3 rings (SSSR count). The van der Waals surface area contributed by atoms with E-state index in [2.05, 4.69) is 10.3 Å². The van der Waals surface area contributed by atoms with Crippen LogP contribution in [0.2, 0.25) is 0 Å². The van der Waals surface area contributed by atoms with Crippen molar-refractivity contribution in [3.8, 4) is 0 Å². The number of fused-ring (bicyclic) bond motifs is 1. The topological polar surface area (TPSA) is 121 Å². The van der Waals surface area contributed by atoms with E-state index in [0.29, 0.717) is 11.3 Å². The summed E-state index contributed by atoms with van der Waals surface area (Å²) >= 11 is 1.46. The van der Waals surface area contributed by atoms with E-state index in [1.807, 2.05) is 12.3 Å². The summed E-state index contributed by atoms with van der Waals surface area (Å²) in [7, 11) is 0. The number of carboxylic acid groups (broad SMARTS) is 1. The lowest BCUT2D eigenvalue weighted by Gasteiger charge is -2.22. The molecule has 2 atom stereocenters. The Hall–Kier alpha value is -3.33. The molecule has 0 fully saturated rings. The number of thioether (sulfide) groups is 1. The highest BCUT2D eigenvalue weighted by Crippen LogP contribution is 2.14. The number of aromatic amines is 1. The third-order valence-electron chi connectivity index (χ3n) is 4.95. The Balaban J connectivity index is 2.06. The predicted octanol–water partition coefficient (Wildman–Crippen LogP) is 1.80. The fourth-order valence-corrected chi connectivity index (χ4v) is 3.83. The summed E-state index contributed by atoms with van der Waals surface area (Å²) in [4.78, 5) is 53.3. The molecule has 2 aromatic carbocycles. The van der Waals surface area contributed by atoms with Gasteiger partial charge in [-0.2, -0.15) is 11.8 Å². The molecule has 0 bridgehead atoms. The van der Waals surface area contributed by atoms with Crippen LogP contribution in [0.1, 0.15) is 18.0 Å². The summed E-state index contributed by atoms with van der Waals surface area (Å²) in [5.74, 6) is -1.32. The first-order chi connectivity index (χ1) is 14.9. The van der Waals surface area contributed by atoms with Crippen molar-refractivity contribution >= 4 is 34.5 Å². The van der Waals surface area contributed by atoms with Crippen LogP contribution in [0.3, 0.4) is 0 Å². The number of amides is 1. The van der Waals surface area contributed by atoms with Crippen molar-refractivity contribution in [2.75, 3.05) is 12.0 Å². The van der Waals surface area contributed by atoms with Crippen LogP contribution in [0, 0.1) is 0 Å². The van der Waals surface area contributed by atoms with E-state index < -0.39 is 35.2 Å². The number of carboxylic acids is 1. The molecule has 0 saturated heterocycles. The molecule has 0 aliphatic rings. The lowest BCUT2D eigenvalue weighted by atomic mass is 10.0. The smallest absolute Gasteiger partial charge is 0.329 e. The zero-order valence-corrected chi connectivity index (χ0v) is 17.7. The van der Waals surface area contributed by atoms with E-state index in [0.717, 1.165) is 10.1 Å². The van der Waals surface area contributed by atoms with Gasteiger partial charge in [0, 0.05) is 6.42 Å². The molecule has 8 nitrogen and oxygen atoms in total. The Bertz CT molecular complexity index is 1190. The molecule has 0 aliphatic carbocycles. The minimum absolute atomic E-state index is 0.0584. The molecule has 0 spiro atoms. The Labute approximate surface area is 182 Å². The van der Waals surface area contributed by atoms with E-state index in [9.17, 15) is 24.3 Å². The van der Waals surface area contributed by atoms with Crippen LogP contribution >= 0.6 is 11.8 Å². The summed E-state index contributed by atoms with van der Waals surface area (Å²) in [5.41, 5.74) is -0.226. The quantitative estimate of drug-likeness (QED) is 0.466. The third-order valence-corrected chi connectivity index (χ3v) is 5.59. The molecule has 1 heterocycles. The monoisotopic (exact) mass is 441 g/mol. The number of aliphatic carboxylic acids is 1. The summed E-state index contributed by atoms with van der Waals surface area (Å²) in [6.45, 7) is 0. The second-order valence-electron chi connectivity index (χ2n) is 7.04. The number of carbonyl (C=O) groups excluding carboxylic acids is 1. The minimum Gasteiger partial charge on any atom is -0.480 e. The maximum absolute atomic E-state index is 13.2. The minimum atomic E-state index is -1.21. The summed E-state index contributed by atoms with van der Waals surface area (Å²) in [6, 6.07) is 13.2. The largest absolute Gasteiger partial charge is 0.480 e. The first-order valence-corrected chi connectivity index (χ1v) is 11.1. The van der Waals surface area contributed by atoms with Gasteiger partial charge in [0.15, 0.2) is 0 Å². The number of hydrogen-bond acceptors (Lipinski definition) is 5. The molecular weight excluding hydrogens is 418 g/mol. The van der Waals surface area contributed by atoms with Crippen molar-refractivity contribution < 1.29 is 14.7 Å². The van der Waals surface area contributed by atoms with Gasteiger partial charge in [0.05, 0.1) is 10.9 Å². The summed E-state index contributed by atoms with van der Waals surface area (Å²) in [6.07, 6.45) is 2.12. The number of rotatable bonds is 9. The van der Waals surface area contributed by atoms with Crippen molar-refractivity contribution in [3.63, 3.8) is 0 Å². The Morgan fingerprint density at radius 2 is 1.77 bits per heavy atom. The number of para-hydroxylation sites is 1. The number of nitrogens with zero attached hydrogens (tertiary/aromatic N) is 1. The maximum atomic E-state index is 13.2. The van der Waals surface area contributed by atoms with Gasteiger partial charge in [0.25, 0.3) is 5.56 Å². The van der Waals surface area contributed by atoms with Crippen LogP contribution in [0.4, 0.5) is 0 Å². The van der Waals surface area contributed by atoms with Gasteiger partial charge in [-0.15, -0.1) is 0 Å². The average molecular weight is 442 g/mol. The van der Waals surface area contributed by atoms with Crippen molar-refractivity contribution in [2.24, 2.45) is 0 Å². The molecule has 2 unspecified atom stereocenters. The summed E-state index contributed by atoms with van der Waals surface area (Å²) < 4.78 is 0.873. The highest BCUT2D eigenvalue weighted by molar-refractivity contribution is 7.98. The predicted molar refractivity (Wildman–Crippen MR) is 121 cm³/mol. The van der Waals surface area contributed by atoms with Gasteiger partial charge in [-0.1, -0.05) is 42.5 Å². The highest BCUT2D eigenvalue weighted by Gasteiger charge is 2.29. The molecule has 0 aliphatic heterocycles. The lowest BCUT2D eigenvalue weighted by molar-refractivity contribution is -0.142. The Kier molecular flexibility index (Phi) is 7.30. The highest BCUT2D eigenvalue weighted by atomic mass is 32.2. The number of hydrogen-bond donors (Lipinski definition) is 3.